The summed E-state index contributed by atoms with van der Waals surface area (Å²) in [5.74, 6) is 0.0985. The Morgan fingerprint density at radius 1 is 1.09 bits per heavy atom. The minimum absolute atomic E-state index is 0.0920. The second-order valence-corrected chi connectivity index (χ2v) is 5.86. The molecule has 3 heterocycles. The fourth-order valence-electron chi connectivity index (χ4n) is 3.49. The van der Waals surface area contributed by atoms with Crippen molar-refractivity contribution in [1.82, 2.24) is 4.98 Å². The number of hydrogen-bond donors (Lipinski definition) is 0. The number of carbonyl (C=O) groups is 1. The third-order valence-corrected chi connectivity index (χ3v) is 4.49. The van der Waals surface area contributed by atoms with E-state index in [1.165, 1.54) is 6.20 Å². The lowest BCUT2D eigenvalue weighted by atomic mass is 9.92. The van der Waals surface area contributed by atoms with Crippen LogP contribution in [-0.4, -0.2) is 17.4 Å². The summed E-state index contributed by atoms with van der Waals surface area (Å²) in [6.45, 7) is 0.615. The van der Waals surface area contributed by atoms with Crippen molar-refractivity contribution >= 4 is 11.6 Å². The zero-order valence-electron chi connectivity index (χ0n) is 12.2. The molecule has 2 aromatic rings. The minimum Gasteiger partial charge on any atom is -0.312 e. The van der Waals surface area contributed by atoms with Crippen LogP contribution in [0.1, 0.15) is 23.1 Å². The van der Waals surface area contributed by atoms with Crippen molar-refractivity contribution in [3.05, 3.63) is 47.3 Å². The number of anilines is 1. The van der Waals surface area contributed by atoms with Gasteiger partial charge in [-0.15, -0.1) is 0 Å². The molecule has 0 saturated heterocycles. The molecular formula is C17H13F3N2O. The van der Waals surface area contributed by atoms with Gasteiger partial charge in [0.15, 0.2) is 0 Å². The first-order chi connectivity index (χ1) is 10.9. The van der Waals surface area contributed by atoms with Crippen LogP contribution in [0.2, 0.25) is 0 Å². The normalized spacial score (nSPS) is 16.7. The second kappa shape index (κ2) is 4.81. The van der Waals surface area contributed by atoms with E-state index < -0.39 is 11.7 Å². The molecule has 4 rings (SSSR count). The van der Waals surface area contributed by atoms with Crippen molar-refractivity contribution in [2.24, 2.45) is 0 Å². The van der Waals surface area contributed by atoms with E-state index >= 15 is 0 Å². The standard InChI is InChI=1S/C17H13F3N2O/c18-17(19,20)14-3-5-21-9-13(14)12-7-10-1-2-15(23)22-6-4-11(8-12)16(10)22/h3,5,7-9H,1-2,4,6H2. The number of aryl methyl sites for hydroxylation is 1. The maximum absolute atomic E-state index is 13.2. The Balaban J connectivity index is 1.89. The summed E-state index contributed by atoms with van der Waals surface area (Å²) in [6.07, 6.45) is -0.329. The smallest absolute Gasteiger partial charge is 0.312 e. The first-order valence-electron chi connectivity index (χ1n) is 7.43. The molecule has 118 valence electrons. The van der Waals surface area contributed by atoms with E-state index in [1.54, 1.807) is 17.0 Å². The summed E-state index contributed by atoms with van der Waals surface area (Å²) in [7, 11) is 0. The van der Waals surface area contributed by atoms with Crippen LogP contribution in [-0.2, 0) is 23.8 Å². The van der Waals surface area contributed by atoms with Gasteiger partial charge in [-0.25, -0.2) is 0 Å². The van der Waals surface area contributed by atoms with Crippen molar-refractivity contribution < 1.29 is 18.0 Å². The highest BCUT2D eigenvalue weighted by molar-refractivity contribution is 5.99. The topological polar surface area (TPSA) is 33.2 Å². The van der Waals surface area contributed by atoms with Crippen LogP contribution in [0, 0.1) is 0 Å². The molecule has 1 amide bonds. The van der Waals surface area contributed by atoms with Gasteiger partial charge in [-0.1, -0.05) is 0 Å². The maximum atomic E-state index is 13.2. The SMILES string of the molecule is O=C1CCc2cc(-c3cnccc3C(F)(F)F)cc3c2N1CC3. The molecule has 0 N–H and O–H groups in total. The van der Waals surface area contributed by atoms with E-state index in [4.69, 9.17) is 0 Å². The Hall–Kier alpha value is -2.37. The van der Waals surface area contributed by atoms with Gasteiger partial charge in [0.25, 0.3) is 0 Å². The van der Waals surface area contributed by atoms with Gasteiger partial charge in [0, 0.05) is 30.9 Å². The van der Waals surface area contributed by atoms with Gasteiger partial charge in [0.05, 0.1) is 11.3 Å². The van der Waals surface area contributed by atoms with Crippen molar-refractivity contribution in [1.29, 1.82) is 0 Å². The summed E-state index contributed by atoms with van der Waals surface area (Å²) in [6, 6.07) is 4.55. The van der Waals surface area contributed by atoms with Crippen LogP contribution in [0.5, 0.6) is 0 Å². The minimum atomic E-state index is -4.42. The first-order valence-corrected chi connectivity index (χ1v) is 7.43. The number of carbonyl (C=O) groups excluding carboxylic acids is 1. The predicted octanol–water partition coefficient (Wildman–Crippen LogP) is 3.60. The van der Waals surface area contributed by atoms with E-state index in [0.717, 1.165) is 29.1 Å². The molecule has 3 nitrogen and oxygen atoms in total. The highest BCUT2D eigenvalue weighted by Crippen LogP contribution is 2.42. The number of pyridine rings is 1. The van der Waals surface area contributed by atoms with E-state index in [9.17, 15) is 18.0 Å². The zero-order valence-corrected chi connectivity index (χ0v) is 12.2. The van der Waals surface area contributed by atoms with Gasteiger partial charge < -0.3 is 4.90 Å². The number of halogens is 3. The Labute approximate surface area is 130 Å². The van der Waals surface area contributed by atoms with Crippen LogP contribution in [0.25, 0.3) is 11.1 Å². The molecule has 6 heteroatoms. The third-order valence-electron chi connectivity index (χ3n) is 4.49. The highest BCUT2D eigenvalue weighted by atomic mass is 19.4. The maximum Gasteiger partial charge on any atom is 0.417 e. The molecule has 0 fully saturated rings. The molecule has 0 saturated carbocycles. The lowest BCUT2D eigenvalue weighted by molar-refractivity contribution is -0.137. The first kappa shape index (κ1) is 14.2. The summed E-state index contributed by atoms with van der Waals surface area (Å²) in [5, 5.41) is 0. The molecule has 2 aliphatic rings. The molecule has 0 aliphatic carbocycles. The molecule has 23 heavy (non-hydrogen) atoms. The molecule has 1 aromatic carbocycles. The Kier molecular flexibility index (Phi) is 2.98. The largest absolute Gasteiger partial charge is 0.417 e. The van der Waals surface area contributed by atoms with Crippen LogP contribution in [0.3, 0.4) is 0 Å². The quantitative estimate of drug-likeness (QED) is 0.805. The molecule has 2 aliphatic heterocycles. The summed E-state index contributed by atoms with van der Waals surface area (Å²) < 4.78 is 39.7. The molecule has 0 atom stereocenters. The predicted molar refractivity (Wildman–Crippen MR) is 79.1 cm³/mol. The Morgan fingerprint density at radius 2 is 1.83 bits per heavy atom. The highest BCUT2D eigenvalue weighted by Gasteiger charge is 2.35. The Morgan fingerprint density at radius 3 is 2.57 bits per heavy atom. The van der Waals surface area contributed by atoms with E-state index in [2.05, 4.69) is 4.98 Å². The van der Waals surface area contributed by atoms with E-state index in [-0.39, 0.29) is 11.5 Å². The summed E-state index contributed by atoms with van der Waals surface area (Å²) >= 11 is 0. The fourth-order valence-corrected chi connectivity index (χ4v) is 3.49. The fraction of sp³-hybridized carbons (Fsp3) is 0.294. The molecular weight excluding hydrogens is 305 g/mol. The van der Waals surface area contributed by atoms with E-state index in [0.29, 0.717) is 31.4 Å². The molecule has 0 radical (unpaired) electrons. The molecule has 1 aromatic heterocycles. The third kappa shape index (κ3) is 2.20. The Bertz CT molecular complexity index is 814. The van der Waals surface area contributed by atoms with Gasteiger partial charge in [-0.2, -0.15) is 13.2 Å². The van der Waals surface area contributed by atoms with Gasteiger partial charge in [-0.3, -0.25) is 9.78 Å². The number of hydrogen-bond acceptors (Lipinski definition) is 2. The lowest BCUT2D eigenvalue weighted by Crippen LogP contribution is -2.32. The van der Waals surface area contributed by atoms with Crippen molar-refractivity contribution in [3.63, 3.8) is 0 Å². The lowest BCUT2D eigenvalue weighted by Gasteiger charge is -2.26. The number of rotatable bonds is 1. The van der Waals surface area contributed by atoms with Crippen LogP contribution in [0.4, 0.5) is 18.9 Å². The van der Waals surface area contributed by atoms with Gasteiger partial charge in [0.2, 0.25) is 5.91 Å². The summed E-state index contributed by atoms with van der Waals surface area (Å²) in [5.41, 5.74) is 2.74. The van der Waals surface area contributed by atoms with E-state index in [1.807, 2.05) is 0 Å². The number of nitrogens with zero attached hydrogens (tertiary/aromatic N) is 2. The van der Waals surface area contributed by atoms with Crippen LogP contribution in [0.15, 0.2) is 30.6 Å². The number of alkyl halides is 3. The average molecular weight is 318 g/mol. The summed E-state index contributed by atoms with van der Waals surface area (Å²) in [4.78, 5) is 17.5. The number of benzene rings is 1. The van der Waals surface area contributed by atoms with Crippen molar-refractivity contribution in [2.45, 2.75) is 25.4 Å². The van der Waals surface area contributed by atoms with Crippen LogP contribution >= 0.6 is 0 Å². The van der Waals surface area contributed by atoms with Crippen molar-refractivity contribution in [3.8, 4) is 11.1 Å². The number of aromatic nitrogens is 1. The molecule has 0 unspecified atom stereocenters. The molecule has 0 bridgehead atoms. The van der Waals surface area contributed by atoms with Gasteiger partial charge in [0.1, 0.15) is 0 Å². The van der Waals surface area contributed by atoms with Crippen LogP contribution < -0.4 is 4.90 Å². The molecule has 0 spiro atoms. The monoisotopic (exact) mass is 318 g/mol. The zero-order chi connectivity index (χ0) is 16.2. The van der Waals surface area contributed by atoms with Crippen molar-refractivity contribution in [2.75, 3.05) is 11.4 Å². The second-order valence-electron chi connectivity index (χ2n) is 5.86. The average Bonchev–Trinajstić information content (AvgIpc) is 2.95. The number of amides is 1. The van der Waals surface area contributed by atoms with Gasteiger partial charge >= 0.3 is 6.18 Å². The van der Waals surface area contributed by atoms with Gasteiger partial charge in [-0.05, 0) is 47.7 Å².